The Morgan fingerprint density at radius 1 is 1.48 bits per heavy atom. The fourth-order valence-electron chi connectivity index (χ4n) is 2.73. The van der Waals surface area contributed by atoms with E-state index in [1.165, 1.54) is 0 Å². The number of benzene rings is 1. The molecule has 0 saturated heterocycles. The molecule has 2 rings (SSSR count). The molecule has 0 spiro atoms. The van der Waals surface area contributed by atoms with Gasteiger partial charge in [-0.3, -0.25) is 4.79 Å². The molecule has 0 aliphatic heterocycles. The van der Waals surface area contributed by atoms with Gasteiger partial charge < -0.3 is 15.2 Å². The largest absolute Gasteiger partial charge is 0.387 e. The smallest absolute Gasteiger partial charge is 0.252 e. The van der Waals surface area contributed by atoms with Crippen molar-refractivity contribution in [3.8, 4) is 0 Å². The van der Waals surface area contributed by atoms with Crippen LogP contribution in [0.3, 0.4) is 0 Å². The Labute approximate surface area is 130 Å². The molecule has 0 bridgehead atoms. The van der Waals surface area contributed by atoms with Crippen LogP contribution in [0.5, 0.6) is 0 Å². The molecule has 0 aromatic heterocycles. The van der Waals surface area contributed by atoms with Gasteiger partial charge in [0.05, 0.1) is 22.3 Å². The van der Waals surface area contributed by atoms with Crippen LogP contribution in [0.4, 0.5) is 0 Å². The molecular weight excluding hydrogens is 290 g/mol. The van der Waals surface area contributed by atoms with Gasteiger partial charge in [0.15, 0.2) is 0 Å². The van der Waals surface area contributed by atoms with Gasteiger partial charge in [0.2, 0.25) is 0 Å². The monoisotopic (exact) mass is 311 g/mol. The molecule has 2 atom stereocenters. The summed E-state index contributed by atoms with van der Waals surface area (Å²) in [5, 5.41) is 13.8. The SMILES string of the molecule is CCO[C@@H]1C[C@@](O)(CNC(=O)c2ccccc2Cl)C1(C)C. The minimum Gasteiger partial charge on any atom is -0.387 e. The standard InChI is InChI=1S/C16H22ClNO3/c1-4-21-13-9-16(20,15(13,2)3)10-18-14(19)11-7-5-6-8-12(11)17/h5-8,13,20H,4,9-10H2,1-3H3,(H,18,19)/t13-,16-/m1/s1. The maximum atomic E-state index is 12.1. The molecule has 1 aromatic rings. The number of rotatable bonds is 5. The van der Waals surface area contributed by atoms with Gasteiger partial charge in [0.25, 0.3) is 5.91 Å². The second kappa shape index (κ2) is 5.95. The van der Waals surface area contributed by atoms with Crippen LogP contribution in [0.15, 0.2) is 24.3 Å². The van der Waals surface area contributed by atoms with Gasteiger partial charge in [-0.25, -0.2) is 0 Å². The van der Waals surface area contributed by atoms with Crippen molar-refractivity contribution in [1.29, 1.82) is 0 Å². The molecule has 1 amide bonds. The number of carbonyl (C=O) groups is 1. The Morgan fingerprint density at radius 3 is 2.71 bits per heavy atom. The quantitative estimate of drug-likeness (QED) is 0.879. The van der Waals surface area contributed by atoms with E-state index in [4.69, 9.17) is 16.3 Å². The predicted octanol–water partition coefficient (Wildman–Crippen LogP) is 2.64. The van der Waals surface area contributed by atoms with Crippen LogP contribution in [0, 0.1) is 5.41 Å². The van der Waals surface area contributed by atoms with Gasteiger partial charge >= 0.3 is 0 Å². The normalized spacial score (nSPS) is 27.0. The highest BCUT2D eigenvalue weighted by Crippen LogP contribution is 2.50. The highest BCUT2D eigenvalue weighted by atomic mass is 35.5. The van der Waals surface area contributed by atoms with Crippen molar-refractivity contribution < 1.29 is 14.6 Å². The van der Waals surface area contributed by atoms with Crippen LogP contribution in [0.25, 0.3) is 0 Å². The molecule has 5 heteroatoms. The van der Waals surface area contributed by atoms with Crippen molar-refractivity contribution in [2.75, 3.05) is 13.2 Å². The molecule has 1 aromatic carbocycles. The summed E-state index contributed by atoms with van der Waals surface area (Å²) < 4.78 is 5.61. The lowest BCUT2D eigenvalue weighted by atomic mass is 9.56. The van der Waals surface area contributed by atoms with E-state index >= 15 is 0 Å². The van der Waals surface area contributed by atoms with Crippen LogP contribution in [-0.4, -0.2) is 35.9 Å². The lowest BCUT2D eigenvalue weighted by Gasteiger charge is -2.57. The average Bonchev–Trinajstić information content (AvgIpc) is 2.45. The third-order valence-corrected chi connectivity index (χ3v) is 4.88. The fourth-order valence-corrected chi connectivity index (χ4v) is 2.95. The van der Waals surface area contributed by atoms with Crippen molar-refractivity contribution in [3.05, 3.63) is 34.9 Å². The van der Waals surface area contributed by atoms with Crippen LogP contribution in [0.1, 0.15) is 37.6 Å². The van der Waals surface area contributed by atoms with Gasteiger partial charge in [0, 0.05) is 25.0 Å². The summed E-state index contributed by atoms with van der Waals surface area (Å²) in [6, 6.07) is 6.86. The number of halogens is 1. The van der Waals surface area contributed by atoms with Crippen molar-refractivity contribution in [2.45, 2.75) is 38.9 Å². The van der Waals surface area contributed by atoms with Crippen LogP contribution in [-0.2, 0) is 4.74 Å². The number of carbonyl (C=O) groups excluding carboxylic acids is 1. The molecule has 0 heterocycles. The zero-order chi connectivity index (χ0) is 15.7. The highest BCUT2D eigenvalue weighted by Gasteiger charge is 2.59. The first-order valence-corrected chi connectivity index (χ1v) is 7.56. The van der Waals surface area contributed by atoms with Crippen molar-refractivity contribution in [2.24, 2.45) is 5.41 Å². The average molecular weight is 312 g/mol. The fraction of sp³-hybridized carbons (Fsp3) is 0.562. The summed E-state index contributed by atoms with van der Waals surface area (Å²) in [7, 11) is 0. The van der Waals surface area contributed by atoms with E-state index in [9.17, 15) is 9.90 Å². The minimum absolute atomic E-state index is 0.0183. The van der Waals surface area contributed by atoms with Crippen LogP contribution >= 0.6 is 11.6 Å². The maximum Gasteiger partial charge on any atom is 0.252 e. The molecule has 116 valence electrons. The van der Waals surface area contributed by atoms with E-state index in [0.717, 1.165) is 0 Å². The first kappa shape index (κ1) is 16.3. The lowest BCUT2D eigenvalue weighted by molar-refractivity contribution is -0.237. The molecular formula is C16H22ClNO3. The van der Waals surface area contributed by atoms with Gasteiger partial charge in [0.1, 0.15) is 0 Å². The maximum absolute atomic E-state index is 12.1. The van der Waals surface area contributed by atoms with Crippen LogP contribution in [0.2, 0.25) is 5.02 Å². The predicted molar refractivity (Wildman–Crippen MR) is 82.5 cm³/mol. The molecule has 21 heavy (non-hydrogen) atoms. The third kappa shape index (κ3) is 2.93. The second-order valence-corrected chi connectivity index (χ2v) is 6.47. The number of aliphatic hydroxyl groups is 1. The van der Waals surface area contributed by atoms with E-state index < -0.39 is 11.0 Å². The van der Waals surface area contributed by atoms with E-state index in [1.807, 2.05) is 20.8 Å². The summed E-state index contributed by atoms with van der Waals surface area (Å²) in [4.78, 5) is 12.1. The molecule has 0 unspecified atom stereocenters. The number of nitrogens with one attached hydrogen (secondary N) is 1. The Hall–Kier alpha value is -1.10. The summed E-state index contributed by atoms with van der Waals surface area (Å²) in [6.45, 7) is 6.66. The molecule has 0 radical (unpaired) electrons. The Kier molecular flexibility index (Phi) is 4.61. The number of hydrogen-bond donors (Lipinski definition) is 2. The molecule has 1 saturated carbocycles. The van der Waals surface area contributed by atoms with Gasteiger partial charge in [-0.1, -0.05) is 37.6 Å². The van der Waals surface area contributed by atoms with Crippen molar-refractivity contribution in [3.63, 3.8) is 0 Å². The Bertz CT molecular complexity index is 532. The van der Waals surface area contributed by atoms with Crippen molar-refractivity contribution >= 4 is 17.5 Å². The number of ether oxygens (including phenoxy) is 1. The zero-order valence-corrected chi connectivity index (χ0v) is 13.4. The summed E-state index contributed by atoms with van der Waals surface area (Å²) in [6.07, 6.45) is 0.543. The summed E-state index contributed by atoms with van der Waals surface area (Å²) in [5.41, 5.74) is -0.929. The molecule has 1 aliphatic rings. The van der Waals surface area contributed by atoms with E-state index in [2.05, 4.69) is 5.32 Å². The molecule has 1 fully saturated rings. The summed E-state index contributed by atoms with van der Waals surface area (Å²) in [5.74, 6) is -0.273. The Morgan fingerprint density at radius 2 is 2.14 bits per heavy atom. The third-order valence-electron chi connectivity index (χ3n) is 4.56. The van der Waals surface area contributed by atoms with E-state index in [-0.39, 0.29) is 18.6 Å². The van der Waals surface area contributed by atoms with Gasteiger partial charge in [-0.05, 0) is 19.1 Å². The topological polar surface area (TPSA) is 58.6 Å². The molecule has 4 nitrogen and oxygen atoms in total. The van der Waals surface area contributed by atoms with Crippen molar-refractivity contribution in [1.82, 2.24) is 5.32 Å². The molecule has 1 aliphatic carbocycles. The first-order chi connectivity index (χ1) is 9.82. The zero-order valence-electron chi connectivity index (χ0n) is 12.6. The van der Waals surface area contributed by atoms with E-state index in [1.54, 1.807) is 24.3 Å². The first-order valence-electron chi connectivity index (χ1n) is 7.18. The molecule has 2 N–H and O–H groups in total. The van der Waals surface area contributed by atoms with Gasteiger partial charge in [-0.2, -0.15) is 0 Å². The number of amides is 1. The number of hydrogen-bond acceptors (Lipinski definition) is 3. The van der Waals surface area contributed by atoms with Crippen LogP contribution < -0.4 is 5.32 Å². The summed E-state index contributed by atoms with van der Waals surface area (Å²) >= 11 is 5.99. The minimum atomic E-state index is -0.955. The second-order valence-electron chi connectivity index (χ2n) is 6.06. The highest BCUT2D eigenvalue weighted by molar-refractivity contribution is 6.33. The Balaban J connectivity index is 1.98. The van der Waals surface area contributed by atoms with Gasteiger partial charge in [-0.15, -0.1) is 0 Å². The lowest BCUT2D eigenvalue weighted by Crippen LogP contribution is -2.68. The van der Waals surface area contributed by atoms with E-state index in [0.29, 0.717) is 23.6 Å².